The van der Waals surface area contributed by atoms with Gasteiger partial charge in [0.15, 0.2) is 0 Å². The second-order valence-electron chi connectivity index (χ2n) is 8.63. The Balaban J connectivity index is 1.34. The van der Waals surface area contributed by atoms with Gasteiger partial charge in [0, 0.05) is 11.8 Å². The number of halogens is 2. The zero-order valence-corrected chi connectivity index (χ0v) is 19.1. The van der Waals surface area contributed by atoms with Gasteiger partial charge in [0.25, 0.3) is 0 Å². The van der Waals surface area contributed by atoms with Crippen LogP contribution in [0, 0.1) is 0 Å². The van der Waals surface area contributed by atoms with E-state index in [0.717, 1.165) is 18.5 Å². The molecule has 1 amide bonds. The van der Waals surface area contributed by atoms with E-state index in [9.17, 15) is 4.79 Å². The van der Waals surface area contributed by atoms with E-state index < -0.39 is 6.09 Å². The molecule has 2 N–H and O–H groups in total. The Morgan fingerprint density at radius 3 is 2.66 bits per heavy atom. The van der Waals surface area contributed by atoms with Crippen molar-refractivity contribution in [3.63, 3.8) is 0 Å². The molecule has 32 heavy (non-hydrogen) atoms. The van der Waals surface area contributed by atoms with E-state index in [0.29, 0.717) is 38.2 Å². The van der Waals surface area contributed by atoms with E-state index in [1.807, 2.05) is 12.1 Å². The molecule has 0 unspecified atom stereocenters. The average Bonchev–Trinajstić information content (AvgIpc) is 3.27. The number of hydrogen-bond acceptors (Lipinski definition) is 3. The van der Waals surface area contributed by atoms with Gasteiger partial charge in [0.2, 0.25) is 0 Å². The van der Waals surface area contributed by atoms with Crippen LogP contribution >= 0.6 is 23.2 Å². The summed E-state index contributed by atoms with van der Waals surface area (Å²) in [6.45, 7) is 4.49. The molecule has 5 rings (SSSR count). The molecule has 0 saturated carbocycles. The van der Waals surface area contributed by atoms with Gasteiger partial charge >= 0.3 is 6.09 Å². The van der Waals surface area contributed by atoms with E-state index in [4.69, 9.17) is 27.9 Å². The number of imidazole rings is 1. The predicted octanol–water partition coefficient (Wildman–Crippen LogP) is 7.37. The molecule has 1 heterocycles. The molecule has 5 nitrogen and oxygen atoms in total. The first kappa shape index (κ1) is 20.9. The fraction of sp³-hybridized carbons (Fsp3) is 0.200. The predicted molar refractivity (Wildman–Crippen MR) is 129 cm³/mol. The summed E-state index contributed by atoms with van der Waals surface area (Å²) in [4.78, 5) is 20.2. The Hall–Kier alpha value is -3.02. The molecule has 1 aliphatic rings. The van der Waals surface area contributed by atoms with Crippen molar-refractivity contribution in [1.82, 2.24) is 9.97 Å². The maximum atomic E-state index is 12.5. The lowest BCUT2D eigenvalue weighted by Gasteiger charge is -2.18. The highest BCUT2D eigenvalue weighted by molar-refractivity contribution is 6.39. The summed E-state index contributed by atoms with van der Waals surface area (Å²) in [6, 6.07) is 16.5. The van der Waals surface area contributed by atoms with Crippen LogP contribution in [-0.2, 0) is 11.8 Å². The van der Waals surface area contributed by atoms with Gasteiger partial charge in [-0.3, -0.25) is 5.32 Å². The van der Waals surface area contributed by atoms with Crippen LogP contribution in [0.25, 0.3) is 22.4 Å². The summed E-state index contributed by atoms with van der Waals surface area (Å²) in [5, 5.41) is 3.83. The molecule has 0 fully saturated rings. The Morgan fingerprint density at radius 1 is 1.09 bits per heavy atom. The molecule has 4 aromatic rings. The third-order valence-electron chi connectivity index (χ3n) is 5.96. The number of hydrogen-bond donors (Lipinski definition) is 2. The van der Waals surface area contributed by atoms with Gasteiger partial charge in [-0.15, -0.1) is 0 Å². The van der Waals surface area contributed by atoms with Gasteiger partial charge in [-0.1, -0.05) is 49.2 Å². The molecule has 0 aliphatic heterocycles. The van der Waals surface area contributed by atoms with Crippen LogP contribution in [0.15, 0.2) is 54.6 Å². The topological polar surface area (TPSA) is 67.0 Å². The van der Waals surface area contributed by atoms with E-state index in [-0.39, 0.29) is 5.41 Å². The van der Waals surface area contributed by atoms with Gasteiger partial charge in [-0.2, -0.15) is 0 Å². The molecule has 0 atom stereocenters. The van der Waals surface area contributed by atoms with Crippen molar-refractivity contribution >= 4 is 46.0 Å². The number of fused-ring (bicyclic) bond motifs is 2. The largest absolute Gasteiger partial charge is 0.417 e. The molecule has 0 radical (unpaired) electrons. The Kier molecular flexibility index (Phi) is 5.11. The fourth-order valence-electron chi connectivity index (χ4n) is 4.27. The van der Waals surface area contributed by atoms with Crippen LogP contribution in [0.4, 0.5) is 10.5 Å². The number of aromatic nitrogens is 2. The summed E-state index contributed by atoms with van der Waals surface area (Å²) in [6.07, 6.45) is 1.58. The summed E-state index contributed by atoms with van der Waals surface area (Å²) >= 11 is 12.6. The lowest BCUT2D eigenvalue weighted by Crippen LogP contribution is -2.17. The number of ether oxygens (including phenoxy) is 1. The molecule has 3 aromatic carbocycles. The second-order valence-corrected chi connectivity index (χ2v) is 9.45. The first-order valence-corrected chi connectivity index (χ1v) is 11.1. The zero-order valence-electron chi connectivity index (χ0n) is 17.6. The first-order chi connectivity index (χ1) is 15.3. The fourth-order valence-corrected chi connectivity index (χ4v) is 4.84. The van der Waals surface area contributed by atoms with Crippen LogP contribution in [-0.4, -0.2) is 16.1 Å². The third-order valence-corrected chi connectivity index (χ3v) is 6.59. The number of anilines is 1. The number of benzene rings is 3. The Labute approximate surface area is 195 Å². The highest BCUT2D eigenvalue weighted by atomic mass is 35.5. The molecule has 1 aromatic heterocycles. The monoisotopic (exact) mass is 465 g/mol. The van der Waals surface area contributed by atoms with Crippen LogP contribution < -0.4 is 10.1 Å². The molecular formula is C25H21Cl2N3O2. The van der Waals surface area contributed by atoms with E-state index in [1.54, 1.807) is 36.4 Å². The number of amides is 1. The number of carbonyl (C=O) groups is 1. The average molecular weight is 466 g/mol. The maximum absolute atomic E-state index is 12.5. The lowest BCUT2D eigenvalue weighted by molar-refractivity contribution is 0.215. The lowest BCUT2D eigenvalue weighted by atomic mass is 9.87. The van der Waals surface area contributed by atoms with Gasteiger partial charge in [-0.05, 0) is 65.8 Å². The number of aryl methyl sites for hydroxylation is 1. The highest BCUT2D eigenvalue weighted by Gasteiger charge is 2.29. The molecule has 0 bridgehead atoms. The van der Waals surface area contributed by atoms with Crippen molar-refractivity contribution in [1.29, 1.82) is 0 Å². The molecule has 0 spiro atoms. The minimum atomic E-state index is -0.546. The van der Waals surface area contributed by atoms with Gasteiger partial charge in [0.1, 0.15) is 11.6 Å². The standard InChI is InChI=1S/C25H21Cl2N3O2/c1-25(2)11-10-14-12-15(6-8-17(14)25)28-24(31)32-16-7-9-20-21(13-16)30-23(29-20)22-18(26)4-3-5-19(22)27/h3-9,12-13H,10-11H2,1-2H3,(H,28,31)(H,29,30). The van der Waals surface area contributed by atoms with E-state index >= 15 is 0 Å². The molecule has 162 valence electrons. The van der Waals surface area contributed by atoms with E-state index in [2.05, 4.69) is 35.2 Å². The zero-order chi connectivity index (χ0) is 22.5. The SMILES string of the molecule is CC1(C)CCc2cc(NC(=O)Oc3ccc4nc(-c5c(Cl)cccc5Cl)[nH]c4c3)ccc21. The number of H-pyrrole nitrogens is 1. The quantitative estimate of drug-likeness (QED) is 0.331. The van der Waals surface area contributed by atoms with Crippen molar-refractivity contribution in [2.45, 2.75) is 32.1 Å². The second kappa shape index (κ2) is 7.84. The maximum Gasteiger partial charge on any atom is 0.417 e. The van der Waals surface area contributed by atoms with Crippen LogP contribution in [0.3, 0.4) is 0 Å². The summed E-state index contributed by atoms with van der Waals surface area (Å²) in [5.41, 5.74) is 5.58. The van der Waals surface area contributed by atoms with Gasteiger partial charge in [0.05, 0.1) is 26.6 Å². The number of nitrogens with zero attached hydrogens (tertiary/aromatic N) is 1. The number of carbonyl (C=O) groups excluding carboxylic acids is 1. The first-order valence-electron chi connectivity index (χ1n) is 10.4. The van der Waals surface area contributed by atoms with Crippen LogP contribution in [0.5, 0.6) is 5.75 Å². The molecular weight excluding hydrogens is 445 g/mol. The van der Waals surface area contributed by atoms with Crippen molar-refractivity contribution in [3.8, 4) is 17.1 Å². The highest BCUT2D eigenvalue weighted by Crippen LogP contribution is 2.39. The number of aromatic amines is 1. The molecule has 7 heteroatoms. The Bertz CT molecular complexity index is 1340. The number of nitrogens with one attached hydrogen (secondary N) is 2. The van der Waals surface area contributed by atoms with E-state index in [1.165, 1.54) is 11.1 Å². The molecule has 0 saturated heterocycles. The van der Waals surface area contributed by atoms with Crippen molar-refractivity contribution < 1.29 is 9.53 Å². The van der Waals surface area contributed by atoms with Gasteiger partial charge in [-0.25, -0.2) is 9.78 Å². The minimum Gasteiger partial charge on any atom is -0.410 e. The normalized spacial score (nSPS) is 14.4. The van der Waals surface area contributed by atoms with Crippen molar-refractivity contribution in [2.24, 2.45) is 0 Å². The van der Waals surface area contributed by atoms with Crippen molar-refractivity contribution in [3.05, 3.63) is 75.8 Å². The van der Waals surface area contributed by atoms with Crippen LogP contribution in [0.2, 0.25) is 10.0 Å². The minimum absolute atomic E-state index is 0.181. The third kappa shape index (κ3) is 3.83. The van der Waals surface area contributed by atoms with Crippen LogP contribution in [0.1, 0.15) is 31.4 Å². The summed E-state index contributed by atoms with van der Waals surface area (Å²) < 4.78 is 5.50. The smallest absolute Gasteiger partial charge is 0.410 e. The summed E-state index contributed by atoms with van der Waals surface area (Å²) in [5.74, 6) is 0.955. The van der Waals surface area contributed by atoms with Crippen molar-refractivity contribution in [2.75, 3.05) is 5.32 Å². The Morgan fingerprint density at radius 2 is 1.88 bits per heavy atom. The molecule has 1 aliphatic carbocycles. The summed E-state index contributed by atoms with van der Waals surface area (Å²) in [7, 11) is 0. The number of rotatable bonds is 3. The van der Waals surface area contributed by atoms with Gasteiger partial charge < -0.3 is 9.72 Å².